The largest absolute Gasteiger partial charge is 0.482 e. The monoisotopic (exact) mass is 360 g/mol. The number of unbranched alkanes of at least 4 members (excludes halogenated alkanes) is 3. The third kappa shape index (κ3) is 5.58. The Bertz CT molecular complexity index is 657. The third-order valence-corrected chi connectivity index (χ3v) is 4.45. The number of hydrogen-bond donors (Lipinski definition) is 1. The molecule has 0 saturated heterocycles. The van der Waals surface area contributed by atoms with Crippen LogP contribution < -0.4 is 15.0 Å². The summed E-state index contributed by atoms with van der Waals surface area (Å²) in [6.45, 7) is 4.77. The van der Waals surface area contributed by atoms with Crippen LogP contribution in [0.15, 0.2) is 18.2 Å². The van der Waals surface area contributed by atoms with Crippen LogP contribution in [-0.2, 0) is 9.59 Å². The molecule has 0 spiro atoms. The first-order valence-electron chi connectivity index (χ1n) is 9.37. The minimum atomic E-state index is -0.154. The molecule has 2 rings (SSSR count). The Morgan fingerprint density at radius 1 is 1.19 bits per heavy atom. The predicted octanol–water partition coefficient (Wildman–Crippen LogP) is 3.09. The summed E-state index contributed by atoms with van der Waals surface area (Å²) in [6, 6.07) is 5.10. The molecule has 2 amide bonds. The zero-order valence-electron chi connectivity index (χ0n) is 15.7. The van der Waals surface area contributed by atoms with E-state index in [1.807, 2.05) is 0 Å². The van der Waals surface area contributed by atoms with Gasteiger partial charge in [0.15, 0.2) is 12.4 Å². The lowest BCUT2D eigenvalue weighted by atomic mass is 10.1. The van der Waals surface area contributed by atoms with Crippen molar-refractivity contribution in [2.45, 2.75) is 52.4 Å². The van der Waals surface area contributed by atoms with Gasteiger partial charge in [0.05, 0.1) is 5.69 Å². The molecule has 1 aromatic rings. The molecule has 0 unspecified atom stereocenters. The summed E-state index contributed by atoms with van der Waals surface area (Å²) in [5.74, 6) is 0.390. The van der Waals surface area contributed by atoms with Crippen LogP contribution in [0.2, 0.25) is 0 Å². The smallest absolute Gasteiger partial charge is 0.265 e. The van der Waals surface area contributed by atoms with Crippen LogP contribution in [0.5, 0.6) is 5.75 Å². The van der Waals surface area contributed by atoms with Gasteiger partial charge >= 0.3 is 0 Å². The molecule has 6 heteroatoms. The van der Waals surface area contributed by atoms with Crippen molar-refractivity contribution >= 4 is 23.3 Å². The minimum absolute atomic E-state index is 0.0138. The van der Waals surface area contributed by atoms with Gasteiger partial charge in [0.1, 0.15) is 5.75 Å². The van der Waals surface area contributed by atoms with Gasteiger partial charge in [0.25, 0.3) is 5.91 Å². The van der Waals surface area contributed by atoms with Crippen LogP contribution in [0.25, 0.3) is 0 Å². The van der Waals surface area contributed by atoms with Gasteiger partial charge in [0, 0.05) is 25.1 Å². The van der Waals surface area contributed by atoms with Crippen LogP contribution in [0.3, 0.4) is 0 Å². The maximum atomic E-state index is 12.2. The van der Waals surface area contributed by atoms with E-state index in [-0.39, 0.29) is 24.2 Å². The van der Waals surface area contributed by atoms with E-state index in [0.29, 0.717) is 42.9 Å². The Hall–Kier alpha value is -2.37. The predicted molar refractivity (Wildman–Crippen MR) is 101 cm³/mol. The highest BCUT2D eigenvalue weighted by molar-refractivity contribution is 6.01. The molecule has 0 saturated carbocycles. The number of fused-ring (bicyclic) bond motifs is 1. The average Bonchev–Trinajstić information content (AvgIpc) is 2.62. The Labute approximate surface area is 154 Å². The first-order chi connectivity index (χ1) is 12.5. The molecule has 0 aliphatic carbocycles. The molecule has 1 aliphatic rings. The first-order valence-corrected chi connectivity index (χ1v) is 9.37. The zero-order valence-corrected chi connectivity index (χ0v) is 15.7. The molecule has 142 valence electrons. The lowest BCUT2D eigenvalue weighted by molar-refractivity contribution is -0.122. The van der Waals surface area contributed by atoms with E-state index in [9.17, 15) is 14.4 Å². The van der Waals surface area contributed by atoms with E-state index in [0.717, 1.165) is 12.8 Å². The number of benzene rings is 1. The van der Waals surface area contributed by atoms with E-state index in [4.69, 9.17) is 4.74 Å². The lowest BCUT2D eigenvalue weighted by Crippen LogP contribution is -2.40. The molecule has 1 aromatic carbocycles. The molecular weight excluding hydrogens is 332 g/mol. The topological polar surface area (TPSA) is 75.7 Å². The number of anilines is 1. The minimum Gasteiger partial charge on any atom is -0.482 e. The Morgan fingerprint density at radius 3 is 2.73 bits per heavy atom. The second-order valence-electron chi connectivity index (χ2n) is 6.59. The highest BCUT2D eigenvalue weighted by atomic mass is 16.5. The molecule has 0 atom stereocenters. The van der Waals surface area contributed by atoms with Crippen LogP contribution in [0, 0.1) is 0 Å². The maximum Gasteiger partial charge on any atom is 0.265 e. The molecule has 1 aliphatic heterocycles. The standard InChI is InChI=1S/C20H28N2O4/c1-3-4-5-6-11-21-19(24)8-7-12-22-17-13-16(15(2)23)9-10-18(17)26-14-20(22)25/h9-10,13H,3-8,11-12,14H2,1-2H3,(H,21,24). The summed E-state index contributed by atoms with van der Waals surface area (Å²) in [7, 11) is 0. The van der Waals surface area contributed by atoms with Gasteiger partial charge in [-0.25, -0.2) is 0 Å². The highest BCUT2D eigenvalue weighted by Crippen LogP contribution is 2.33. The molecular formula is C20H28N2O4. The number of carbonyl (C=O) groups excluding carboxylic acids is 3. The highest BCUT2D eigenvalue weighted by Gasteiger charge is 2.26. The number of amides is 2. The number of rotatable bonds is 10. The van der Waals surface area contributed by atoms with E-state index in [1.165, 1.54) is 19.8 Å². The van der Waals surface area contributed by atoms with Crippen molar-refractivity contribution in [3.8, 4) is 5.75 Å². The molecule has 0 fully saturated rings. The van der Waals surface area contributed by atoms with Crippen molar-refractivity contribution in [2.24, 2.45) is 0 Å². The normalized spacial score (nSPS) is 13.2. The van der Waals surface area contributed by atoms with E-state index < -0.39 is 0 Å². The second-order valence-corrected chi connectivity index (χ2v) is 6.59. The molecule has 1 N–H and O–H groups in total. The summed E-state index contributed by atoms with van der Waals surface area (Å²) in [6.07, 6.45) is 5.44. The summed E-state index contributed by atoms with van der Waals surface area (Å²) in [5, 5.41) is 2.92. The van der Waals surface area contributed by atoms with E-state index >= 15 is 0 Å². The van der Waals surface area contributed by atoms with Crippen LogP contribution in [0.4, 0.5) is 5.69 Å². The molecule has 1 heterocycles. The molecule has 6 nitrogen and oxygen atoms in total. The van der Waals surface area contributed by atoms with Crippen LogP contribution >= 0.6 is 0 Å². The van der Waals surface area contributed by atoms with Gasteiger partial charge < -0.3 is 15.0 Å². The molecule has 26 heavy (non-hydrogen) atoms. The summed E-state index contributed by atoms with van der Waals surface area (Å²) >= 11 is 0. The van der Waals surface area contributed by atoms with E-state index in [2.05, 4.69) is 12.2 Å². The van der Waals surface area contributed by atoms with Crippen molar-refractivity contribution in [3.63, 3.8) is 0 Å². The lowest BCUT2D eigenvalue weighted by Gasteiger charge is -2.29. The quantitative estimate of drug-likeness (QED) is 0.514. The second kappa shape index (κ2) is 9.94. The fourth-order valence-electron chi connectivity index (χ4n) is 2.93. The fraction of sp³-hybridized carbons (Fsp3) is 0.550. The average molecular weight is 360 g/mol. The summed E-state index contributed by atoms with van der Waals surface area (Å²) in [5.41, 5.74) is 1.14. The molecule has 0 radical (unpaired) electrons. The number of Topliss-reactive ketones (excluding diaryl/α,β-unsaturated/α-hetero) is 1. The van der Waals surface area contributed by atoms with E-state index in [1.54, 1.807) is 23.1 Å². The van der Waals surface area contributed by atoms with Crippen LogP contribution in [-0.4, -0.2) is 37.3 Å². The van der Waals surface area contributed by atoms with Gasteiger partial charge in [-0.2, -0.15) is 0 Å². The van der Waals surface area contributed by atoms with Gasteiger partial charge in [-0.1, -0.05) is 26.2 Å². The zero-order chi connectivity index (χ0) is 18.9. The van der Waals surface area contributed by atoms with Crippen molar-refractivity contribution in [1.29, 1.82) is 0 Å². The van der Waals surface area contributed by atoms with Crippen LogP contribution in [0.1, 0.15) is 62.7 Å². The number of nitrogens with zero attached hydrogens (tertiary/aromatic N) is 1. The Kier molecular flexibility index (Phi) is 7.63. The van der Waals surface area contributed by atoms with Gasteiger partial charge in [-0.3, -0.25) is 14.4 Å². The maximum absolute atomic E-state index is 12.2. The number of ether oxygens (including phenoxy) is 1. The Morgan fingerprint density at radius 2 is 2.00 bits per heavy atom. The van der Waals surface area contributed by atoms with Gasteiger partial charge in [-0.15, -0.1) is 0 Å². The van der Waals surface area contributed by atoms with Crippen molar-refractivity contribution < 1.29 is 19.1 Å². The van der Waals surface area contributed by atoms with Crippen molar-refractivity contribution in [1.82, 2.24) is 5.32 Å². The van der Waals surface area contributed by atoms with Gasteiger partial charge in [-0.05, 0) is 38.0 Å². The molecule has 0 aromatic heterocycles. The number of nitrogens with one attached hydrogen (secondary N) is 1. The third-order valence-electron chi connectivity index (χ3n) is 4.45. The van der Waals surface area contributed by atoms with Crippen molar-refractivity contribution in [2.75, 3.05) is 24.6 Å². The summed E-state index contributed by atoms with van der Waals surface area (Å²) < 4.78 is 5.43. The number of carbonyl (C=O) groups is 3. The van der Waals surface area contributed by atoms with Crippen molar-refractivity contribution in [3.05, 3.63) is 23.8 Å². The SMILES string of the molecule is CCCCCCNC(=O)CCCN1C(=O)COc2ccc(C(C)=O)cc21. The number of ketones is 1. The summed E-state index contributed by atoms with van der Waals surface area (Å²) in [4.78, 5) is 37.3. The molecule has 0 bridgehead atoms. The van der Waals surface area contributed by atoms with Gasteiger partial charge in [0.2, 0.25) is 5.91 Å². The fourth-order valence-corrected chi connectivity index (χ4v) is 2.93. The first kappa shape index (κ1) is 19.9. The Balaban J connectivity index is 1.86. The number of hydrogen-bond acceptors (Lipinski definition) is 4.